The van der Waals surface area contributed by atoms with Crippen molar-refractivity contribution in [3.05, 3.63) is 0 Å². The molecule has 0 radical (unpaired) electrons. The second-order valence-corrected chi connectivity index (χ2v) is 5.70. The molecule has 96 valence electrons. The number of nitrogens with zero attached hydrogens (tertiary/aromatic N) is 1. The summed E-state index contributed by atoms with van der Waals surface area (Å²) in [6.07, 6.45) is 3.12. The van der Waals surface area contributed by atoms with Gasteiger partial charge in [-0.1, -0.05) is 13.3 Å². The maximum atomic E-state index is 10.1. The number of likely N-dealkylation sites (tertiary alicyclic amines) is 1. The molecule has 0 bridgehead atoms. The molecule has 1 saturated heterocycles. The van der Waals surface area contributed by atoms with Crippen LogP contribution in [0.2, 0.25) is 0 Å². The van der Waals surface area contributed by atoms with Gasteiger partial charge in [0.25, 0.3) is 0 Å². The summed E-state index contributed by atoms with van der Waals surface area (Å²) in [6, 6.07) is 1.20. The van der Waals surface area contributed by atoms with Gasteiger partial charge < -0.3 is 10.4 Å². The van der Waals surface area contributed by atoms with E-state index in [4.69, 9.17) is 0 Å². The molecular formula is C13H28N2O. The Kier molecular flexibility index (Phi) is 5.22. The van der Waals surface area contributed by atoms with Crippen LogP contribution in [0.25, 0.3) is 0 Å². The predicted molar refractivity (Wildman–Crippen MR) is 68.6 cm³/mol. The minimum absolute atomic E-state index is 0.542. The quantitative estimate of drug-likeness (QED) is 0.725. The van der Waals surface area contributed by atoms with Gasteiger partial charge in [0, 0.05) is 25.2 Å². The largest absolute Gasteiger partial charge is 0.389 e. The molecule has 16 heavy (non-hydrogen) atoms. The van der Waals surface area contributed by atoms with E-state index in [2.05, 4.69) is 31.0 Å². The van der Waals surface area contributed by atoms with Crippen LogP contribution in [0.1, 0.15) is 47.0 Å². The fraction of sp³-hybridized carbons (Fsp3) is 1.00. The van der Waals surface area contributed by atoms with Crippen LogP contribution in [-0.4, -0.2) is 47.3 Å². The van der Waals surface area contributed by atoms with E-state index in [1.807, 2.05) is 6.92 Å². The number of aliphatic hydroxyl groups is 1. The Morgan fingerprint density at radius 1 is 1.50 bits per heavy atom. The maximum absolute atomic E-state index is 10.1. The van der Waals surface area contributed by atoms with Gasteiger partial charge in [0.2, 0.25) is 0 Å². The Morgan fingerprint density at radius 2 is 2.19 bits per heavy atom. The molecule has 3 heteroatoms. The van der Waals surface area contributed by atoms with Crippen molar-refractivity contribution in [2.45, 2.75) is 64.6 Å². The van der Waals surface area contributed by atoms with E-state index >= 15 is 0 Å². The second-order valence-electron chi connectivity index (χ2n) is 5.70. The molecule has 0 saturated carbocycles. The Morgan fingerprint density at radius 3 is 2.69 bits per heavy atom. The number of hydrogen-bond acceptors (Lipinski definition) is 3. The summed E-state index contributed by atoms with van der Waals surface area (Å²) in [4.78, 5) is 2.49. The van der Waals surface area contributed by atoms with Crippen molar-refractivity contribution >= 4 is 0 Å². The standard InChI is InChI=1S/C13H28N2O/c1-5-7-13(4,16)10-14-12-6-8-15(9-12)11(2)3/h11-12,14,16H,5-10H2,1-4H3. The molecule has 2 unspecified atom stereocenters. The average molecular weight is 228 g/mol. The molecule has 0 amide bonds. The lowest BCUT2D eigenvalue weighted by Crippen LogP contribution is -2.44. The average Bonchev–Trinajstić information content (AvgIpc) is 2.63. The van der Waals surface area contributed by atoms with Crippen LogP contribution in [0.4, 0.5) is 0 Å². The lowest BCUT2D eigenvalue weighted by molar-refractivity contribution is 0.0473. The highest BCUT2D eigenvalue weighted by molar-refractivity contribution is 4.85. The van der Waals surface area contributed by atoms with Crippen molar-refractivity contribution in [2.24, 2.45) is 0 Å². The van der Waals surface area contributed by atoms with Gasteiger partial charge in [-0.15, -0.1) is 0 Å². The summed E-state index contributed by atoms with van der Waals surface area (Å²) < 4.78 is 0. The van der Waals surface area contributed by atoms with Gasteiger partial charge in [-0.2, -0.15) is 0 Å². The van der Waals surface area contributed by atoms with Crippen molar-refractivity contribution in [1.29, 1.82) is 0 Å². The molecule has 0 aliphatic carbocycles. The molecule has 1 rings (SSSR count). The van der Waals surface area contributed by atoms with E-state index in [1.54, 1.807) is 0 Å². The van der Waals surface area contributed by atoms with Gasteiger partial charge in [0.1, 0.15) is 0 Å². The SMILES string of the molecule is CCCC(C)(O)CNC1CCN(C(C)C)C1. The van der Waals surface area contributed by atoms with Crippen LogP contribution in [-0.2, 0) is 0 Å². The second kappa shape index (κ2) is 5.99. The Bertz CT molecular complexity index is 204. The normalized spacial score (nSPS) is 26.2. The van der Waals surface area contributed by atoms with Gasteiger partial charge in [-0.05, 0) is 40.2 Å². The first kappa shape index (κ1) is 13.9. The Balaban J connectivity index is 2.24. The molecule has 0 aromatic carbocycles. The van der Waals surface area contributed by atoms with E-state index in [0.29, 0.717) is 12.1 Å². The molecule has 1 aliphatic rings. The van der Waals surface area contributed by atoms with E-state index in [-0.39, 0.29) is 0 Å². The van der Waals surface area contributed by atoms with Crippen molar-refractivity contribution in [3.8, 4) is 0 Å². The van der Waals surface area contributed by atoms with Gasteiger partial charge in [0.05, 0.1) is 5.60 Å². The van der Waals surface area contributed by atoms with Crippen molar-refractivity contribution < 1.29 is 5.11 Å². The summed E-state index contributed by atoms with van der Waals surface area (Å²) in [6.45, 7) is 11.6. The summed E-state index contributed by atoms with van der Waals surface area (Å²) >= 11 is 0. The fourth-order valence-electron chi connectivity index (χ4n) is 2.41. The third kappa shape index (κ3) is 4.40. The summed E-state index contributed by atoms with van der Waals surface area (Å²) in [5, 5.41) is 13.6. The van der Waals surface area contributed by atoms with E-state index in [1.165, 1.54) is 13.0 Å². The topological polar surface area (TPSA) is 35.5 Å². The lowest BCUT2D eigenvalue weighted by Gasteiger charge is -2.26. The number of rotatable bonds is 6. The summed E-state index contributed by atoms with van der Waals surface area (Å²) in [5.74, 6) is 0. The van der Waals surface area contributed by atoms with Gasteiger partial charge in [-0.3, -0.25) is 4.90 Å². The lowest BCUT2D eigenvalue weighted by atomic mass is 10.0. The minimum atomic E-state index is -0.542. The highest BCUT2D eigenvalue weighted by Crippen LogP contribution is 2.15. The third-order valence-electron chi connectivity index (χ3n) is 3.51. The van der Waals surface area contributed by atoms with Crippen molar-refractivity contribution in [1.82, 2.24) is 10.2 Å². The molecular weight excluding hydrogens is 200 g/mol. The van der Waals surface area contributed by atoms with E-state index < -0.39 is 5.60 Å². The predicted octanol–water partition coefficient (Wildman–Crippen LogP) is 1.61. The fourth-order valence-corrected chi connectivity index (χ4v) is 2.41. The first-order chi connectivity index (χ1) is 7.44. The zero-order valence-electron chi connectivity index (χ0n) is 11.3. The van der Waals surface area contributed by atoms with E-state index in [9.17, 15) is 5.11 Å². The zero-order valence-corrected chi connectivity index (χ0v) is 11.3. The summed E-state index contributed by atoms with van der Waals surface area (Å²) in [7, 11) is 0. The van der Waals surface area contributed by atoms with Crippen molar-refractivity contribution in [2.75, 3.05) is 19.6 Å². The van der Waals surface area contributed by atoms with Crippen LogP contribution in [0.5, 0.6) is 0 Å². The van der Waals surface area contributed by atoms with Gasteiger partial charge >= 0.3 is 0 Å². The van der Waals surface area contributed by atoms with Crippen LogP contribution in [0.3, 0.4) is 0 Å². The molecule has 1 aliphatic heterocycles. The third-order valence-corrected chi connectivity index (χ3v) is 3.51. The molecule has 3 nitrogen and oxygen atoms in total. The van der Waals surface area contributed by atoms with Crippen LogP contribution in [0, 0.1) is 0 Å². The molecule has 1 fully saturated rings. The summed E-state index contributed by atoms with van der Waals surface area (Å²) in [5.41, 5.74) is -0.542. The van der Waals surface area contributed by atoms with Gasteiger partial charge in [-0.25, -0.2) is 0 Å². The Labute approximate surface area is 100 Å². The van der Waals surface area contributed by atoms with Gasteiger partial charge in [0.15, 0.2) is 0 Å². The van der Waals surface area contributed by atoms with Crippen LogP contribution >= 0.6 is 0 Å². The monoisotopic (exact) mass is 228 g/mol. The maximum Gasteiger partial charge on any atom is 0.0743 e. The Hall–Kier alpha value is -0.120. The molecule has 0 aromatic rings. The number of hydrogen-bond donors (Lipinski definition) is 2. The number of nitrogens with one attached hydrogen (secondary N) is 1. The zero-order chi connectivity index (χ0) is 12.2. The highest BCUT2D eigenvalue weighted by Gasteiger charge is 2.26. The van der Waals surface area contributed by atoms with Crippen LogP contribution in [0.15, 0.2) is 0 Å². The smallest absolute Gasteiger partial charge is 0.0743 e. The molecule has 0 aromatic heterocycles. The molecule has 0 spiro atoms. The van der Waals surface area contributed by atoms with Crippen molar-refractivity contribution in [3.63, 3.8) is 0 Å². The minimum Gasteiger partial charge on any atom is -0.389 e. The molecule has 2 atom stereocenters. The molecule has 2 N–H and O–H groups in total. The first-order valence-electron chi connectivity index (χ1n) is 6.64. The van der Waals surface area contributed by atoms with E-state index in [0.717, 1.165) is 25.9 Å². The highest BCUT2D eigenvalue weighted by atomic mass is 16.3. The van der Waals surface area contributed by atoms with Crippen LogP contribution < -0.4 is 5.32 Å². The first-order valence-corrected chi connectivity index (χ1v) is 6.64. The molecule has 1 heterocycles.